The summed E-state index contributed by atoms with van der Waals surface area (Å²) in [6.45, 7) is 8.64. The Morgan fingerprint density at radius 2 is 1.87 bits per heavy atom. The second-order valence-electron chi connectivity index (χ2n) is 6.30. The van der Waals surface area contributed by atoms with Gasteiger partial charge in [0.1, 0.15) is 5.75 Å². The highest BCUT2D eigenvalue weighted by atomic mass is 16.5. The van der Waals surface area contributed by atoms with Crippen molar-refractivity contribution in [2.45, 2.75) is 39.5 Å². The number of ether oxygens (including phenoxy) is 2. The van der Waals surface area contributed by atoms with E-state index in [4.69, 9.17) is 4.74 Å². The van der Waals surface area contributed by atoms with Crippen molar-refractivity contribution >= 4 is 12.0 Å². The second kappa shape index (κ2) is 8.41. The van der Waals surface area contributed by atoms with Crippen LogP contribution in [-0.2, 0) is 14.9 Å². The van der Waals surface area contributed by atoms with Gasteiger partial charge in [-0.15, -0.1) is 0 Å². The predicted molar refractivity (Wildman–Crippen MR) is 88.5 cm³/mol. The van der Waals surface area contributed by atoms with Crippen molar-refractivity contribution in [1.29, 1.82) is 0 Å². The normalized spacial score (nSPS) is 10.8. The molecule has 1 aromatic carbocycles. The van der Waals surface area contributed by atoms with E-state index in [0.717, 1.165) is 16.9 Å². The van der Waals surface area contributed by atoms with E-state index < -0.39 is 6.03 Å². The van der Waals surface area contributed by atoms with Gasteiger partial charge in [0.2, 0.25) is 0 Å². The molecular weight excluding hydrogens is 296 g/mol. The molecule has 0 aromatic heterocycles. The van der Waals surface area contributed by atoms with Crippen LogP contribution < -0.4 is 15.4 Å². The van der Waals surface area contributed by atoms with Crippen LogP contribution in [0.3, 0.4) is 0 Å². The van der Waals surface area contributed by atoms with Crippen molar-refractivity contribution in [3.8, 4) is 5.75 Å². The smallest absolute Gasteiger partial charge is 0.317 e. The Kier molecular flexibility index (Phi) is 6.88. The number of carbonyl (C=O) groups is 2. The van der Waals surface area contributed by atoms with E-state index in [0.29, 0.717) is 0 Å². The molecule has 1 aromatic rings. The van der Waals surface area contributed by atoms with Gasteiger partial charge in [-0.25, -0.2) is 4.79 Å². The number of benzene rings is 1. The Balaban J connectivity index is 2.47. The topological polar surface area (TPSA) is 76.7 Å². The maximum Gasteiger partial charge on any atom is 0.317 e. The van der Waals surface area contributed by atoms with Gasteiger partial charge in [-0.1, -0.05) is 38.5 Å². The van der Waals surface area contributed by atoms with Crippen molar-refractivity contribution in [2.75, 3.05) is 20.4 Å². The van der Waals surface area contributed by atoms with E-state index in [-0.39, 0.29) is 31.1 Å². The number of hydrogen-bond acceptors (Lipinski definition) is 4. The highest BCUT2D eigenvalue weighted by Crippen LogP contribution is 2.31. The minimum absolute atomic E-state index is 0.0515. The fourth-order valence-electron chi connectivity index (χ4n) is 1.98. The summed E-state index contributed by atoms with van der Waals surface area (Å²) in [5.74, 6) is 0.383. The first kappa shape index (κ1) is 18.8. The van der Waals surface area contributed by atoms with Crippen molar-refractivity contribution in [1.82, 2.24) is 10.6 Å². The maximum absolute atomic E-state index is 11.6. The first-order valence-corrected chi connectivity index (χ1v) is 7.56. The number of aryl methyl sites for hydroxylation is 1. The van der Waals surface area contributed by atoms with Crippen LogP contribution in [0.15, 0.2) is 18.2 Å². The molecule has 0 spiro atoms. The van der Waals surface area contributed by atoms with Crippen molar-refractivity contribution < 1.29 is 19.1 Å². The third-order valence-electron chi connectivity index (χ3n) is 3.25. The standard InChI is InChI=1S/C17H26N2O4/c1-12-6-7-14(13(10-12)17(2,3)4)23-11-19-16(21)18-9-8-15(20)22-5/h6-7,10H,8-9,11H2,1-5H3,(H2,18,19,21). The van der Waals surface area contributed by atoms with Crippen LogP contribution in [0.25, 0.3) is 0 Å². The summed E-state index contributed by atoms with van der Waals surface area (Å²) in [7, 11) is 1.31. The lowest BCUT2D eigenvalue weighted by Crippen LogP contribution is -2.38. The molecule has 0 aliphatic carbocycles. The van der Waals surface area contributed by atoms with E-state index in [2.05, 4.69) is 42.2 Å². The van der Waals surface area contributed by atoms with Gasteiger partial charge in [0, 0.05) is 6.54 Å². The second-order valence-corrected chi connectivity index (χ2v) is 6.30. The molecule has 2 amide bonds. The summed E-state index contributed by atoms with van der Waals surface area (Å²) in [6, 6.07) is 5.58. The molecule has 0 fully saturated rings. The van der Waals surface area contributed by atoms with Gasteiger partial charge in [0.05, 0.1) is 13.5 Å². The summed E-state index contributed by atoms with van der Waals surface area (Å²) in [4.78, 5) is 22.5. The van der Waals surface area contributed by atoms with Crippen molar-refractivity contribution in [2.24, 2.45) is 0 Å². The van der Waals surface area contributed by atoms with Gasteiger partial charge < -0.3 is 20.1 Å². The average Bonchev–Trinajstić information content (AvgIpc) is 2.47. The zero-order chi connectivity index (χ0) is 17.5. The number of rotatable bonds is 6. The molecule has 23 heavy (non-hydrogen) atoms. The Labute approximate surface area is 137 Å². The number of urea groups is 1. The minimum Gasteiger partial charge on any atom is -0.473 e. The largest absolute Gasteiger partial charge is 0.473 e. The first-order chi connectivity index (χ1) is 10.7. The maximum atomic E-state index is 11.6. The fraction of sp³-hybridized carbons (Fsp3) is 0.529. The van der Waals surface area contributed by atoms with Gasteiger partial charge in [0.15, 0.2) is 6.73 Å². The van der Waals surface area contributed by atoms with Crippen LogP contribution in [0.5, 0.6) is 5.75 Å². The number of methoxy groups -OCH3 is 1. The molecular formula is C17H26N2O4. The summed E-state index contributed by atoms with van der Waals surface area (Å²) >= 11 is 0. The molecule has 0 radical (unpaired) electrons. The van der Waals surface area contributed by atoms with Crippen LogP contribution in [0, 0.1) is 6.92 Å². The van der Waals surface area contributed by atoms with Crippen molar-refractivity contribution in [3.63, 3.8) is 0 Å². The number of hydrogen-bond donors (Lipinski definition) is 2. The molecule has 0 unspecified atom stereocenters. The molecule has 1 rings (SSSR count). The number of nitrogens with one attached hydrogen (secondary N) is 2. The zero-order valence-corrected chi connectivity index (χ0v) is 14.5. The molecule has 0 bridgehead atoms. The molecule has 0 atom stereocenters. The van der Waals surface area contributed by atoms with E-state index in [1.807, 2.05) is 19.1 Å². The highest BCUT2D eigenvalue weighted by Gasteiger charge is 2.19. The third-order valence-corrected chi connectivity index (χ3v) is 3.25. The van der Waals surface area contributed by atoms with E-state index in [1.165, 1.54) is 7.11 Å². The average molecular weight is 322 g/mol. The van der Waals surface area contributed by atoms with Crippen LogP contribution in [0.2, 0.25) is 0 Å². The van der Waals surface area contributed by atoms with Crippen LogP contribution in [0.4, 0.5) is 4.79 Å². The Hall–Kier alpha value is -2.24. The Morgan fingerprint density at radius 3 is 2.48 bits per heavy atom. The number of carbonyl (C=O) groups excluding carboxylic acids is 2. The van der Waals surface area contributed by atoms with Crippen molar-refractivity contribution in [3.05, 3.63) is 29.3 Å². The van der Waals surface area contributed by atoms with Crippen LogP contribution in [0.1, 0.15) is 38.3 Å². The lowest BCUT2D eigenvalue weighted by Gasteiger charge is -2.23. The molecule has 0 saturated carbocycles. The summed E-state index contributed by atoms with van der Waals surface area (Å²) < 4.78 is 10.2. The lowest BCUT2D eigenvalue weighted by atomic mass is 9.85. The first-order valence-electron chi connectivity index (χ1n) is 7.56. The molecule has 0 saturated heterocycles. The summed E-state index contributed by atoms with van der Waals surface area (Å²) in [5.41, 5.74) is 2.20. The fourth-order valence-corrected chi connectivity index (χ4v) is 1.98. The SMILES string of the molecule is COC(=O)CCNC(=O)NCOc1ccc(C)cc1C(C)(C)C. The molecule has 6 nitrogen and oxygen atoms in total. The van der Waals surface area contributed by atoms with Crippen LogP contribution >= 0.6 is 0 Å². The van der Waals surface area contributed by atoms with Gasteiger partial charge in [-0.3, -0.25) is 4.79 Å². The van der Waals surface area contributed by atoms with Gasteiger partial charge in [0.25, 0.3) is 0 Å². The quantitative estimate of drug-likeness (QED) is 0.623. The zero-order valence-electron chi connectivity index (χ0n) is 14.5. The molecule has 2 N–H and O–H groups in total. The van der Waals surface area contributed by atoms with Gasteiger partial charge >= 0.3 is 12.0 Å². The van der Waals surface area contributed by atoms with E-state index >= 15 is 0 Å². The molecule has 6 heteroatoms. The highest BCUT2D eigenvalue weighted by molar-refractivity contribution is 5.75. The predicted octanol–water partition coefficient (Wildman–Crippen LogP) is 2.49. The molecule has 0 aliphatic rings. The lowest BCUT2D eigenvalue weighted by molar-refractivity contribution is -0.140. The van der Waals surface area contributed by atoms with E-state index in [9.17, 15) is 9.59 Å². The minimum atomic E-state index is -0.390. The number of esters is 1. The van der Waals surface area contributed by atoms with E-state index in [1.54, 1.807) is 0 Å². The molecule has 0 heterocycles. The third kappa shape index (κ3) is 6.59. The summed E-state index contributed by atoms with van der Waals surface area (Å²) in [6.07, 6.45) is 0.136. The molecule has 128 valence electrons. The number of amides is 2. The summed E-state index contributed by atoms with van der Waals surface area (Å²) in [5, 5.41) is 5.15. The Morgan fingerprint density at radius 1 is 1.17 bits per heavy atom. The Bertz CT molecular complexity index is 550. The van der Waals surface area contributed by atoms with Gasteiger partial charge in [-0.05, 0) is 24.0 Å². The molecule has 0 aliphatic heterocycles. The van der Waals surface area contributed by atoms with Gasteiger partial charge in [-0.2, -0.15) is 0 Å². The monoisotopic (exact) mass is 322 g/mol. The van der Waals surface area contributed by atoms with Crippen LogP contribution in [-0.4, -0.2) is 32.4 Å².